The molecule has 54 valence electrons. The molecule has 0 aliphatic carbocycles. The van der Waals surface area contributed by atoms with Crippen molar-refractivity contribution in [1.82, 2.24) is 0 Å². The fourth-order valence-electron chi connectivity index (χ4n) is 0.385. The quantitative estimate of drug-likeness (QED) is 0.411. The van der Waals surface area contributed by atoms with Gasteiger partial charge >= 0.3 is 0 Å². The summed E-state index contributed by atoms with van der Waals surface area (Å²) in [5, 5.41) is 0. The van der Waals surface area contributed by atoms with Gasteiger partial charge in [-0.05, 0) is 6.92 Å². The molecule has 0 spiro atoms. The van der Waals surface area contributed by atoms with Crippen molar-refractivity contribution < 1.29 is 9.47 Å². The predicted octanol–water partition coefficient (Wildman–Crippen LogP) is 1.22. The first-order chi connectivity index (χ1) is 4.31. The van der Waals surface area contributed by atoms with Crippen LogP contribution >= 0.6 is 0 Å². The fourth-order valence-corrected chi connectivity index (χ4v) is 0.385. The number of ether oxygens (including phenoxy) is 2. The lowest BCUT2D eigenvalue weighted by atomic mass is 10.4. The molecule has 0 aromatic carbocycles. The minimum atomic E-state index is 0.139. The van der Waals surface area contributed by atoms with Crippen LogP contribution in [-0.4, -0.2) is 26.4 Å². The van der Waals surface area contributed by atoms with Crippen LogP contribution in [0.2, 0.25) is 0 Å². The summed E-state index contributed by atoms with van der Waals surface area (Å²) in [7, 11) is 1.65. The van der Waals surface area contributed by atoms with Crippen LogP contribution in [0, 0.1) is 0 Å². The van der Waals surface area contributed by atoms with Gasteiger partial charge in [0, 0.05) is 7.11 Å². The molecular formula is C7H14O2. The summed E-state index contributed by atoms with van der Waals surface area (Å²) in [4.78, 5) is 0. The van der Waals surface area contributed by atoms with E-state index in [9.17, 15) is 0 Å². The second-order valence-corrected chi connectivity index (χ2v) is 1.80. The summed E-state index contributed by atoms with van der Waals surface area (Å²) in [6, 6.07) is 0. The highest BCUT2D eigenvalue weighted by atomic mass is 16.5. The van der Waals surface area contributed by atoms with Crippen LogP contribution in [0.5, 0.6) is 0 Å². The largest absolute Gasteiger partial charge is 0.382 e. The molecule has 0 rings (SSSR count). The molecule has 0 bridgehead atoms. The van der Waals surface area contributed by atoms with Gasteiger partial charge in [0.15, 0.2) is 0 Å². The zero-order valence-corrected chi connectivity index (χ0v) is 6.09. The van der Waals surface area contributed by atoms with Crippen LogP contribution in [0.3, 0.4) is 0 Å². The van der Waals surface area contributed by atoms with Gasteiger partial charge in [-0.3, -0.25) is 0 Å². The van der Waals surface area contributed by atoms with E-state index in [0.29, 0.717) is 13.2 Å². The molecule has 2 nitrogen and oxygen atoms in total. The van der Waals surface area contributed by atoms with Gasteiger partial charge in [-0.25, -0.2) is 0 Å². The Hall–Kier alpha value is -0.340. The van der Waals surface area contributed by atoms with Crippen molar-refractivity contribution in [3.63, 3.8) is 0 Å². The Bertz CT molecular complexity index is 71.3. The molecule has 2 heteroatoms. The molecule has 0 radical (unpaired) electrons. The summed E-state index contributed by atoms with van der Waals surface area (Å²) in [5.74, 6) is 0. The van der Waals surface area contributed by atoms with Gasteiger partial charge in [0.25, 0.3) is 0 Å². The first-order valence-corrected chi connectivity index (χ1v) is 3.04. The predicted molar refractivity (Wildman–Crippen MR) is 37.5 cm³/mol. The van der Waals surface area contributed by atoms with Crippen molar-refractivity contribution in [1.29, 1.82) is 0 Å². The van der Waals surface area contributed by atoms with E-state index in [1.807, 2.05) is 6.92 Å². The van der Waals surface area contributed by atoms with Crippen molar-refractivity contribution in [3.05, 3.63) is 12.7 Å². The van der Waals surface area contributed by atoms with Crippen LogP contribution in [0.15, 0.2) is 12.7 Å². The van der Waals surface area contributed by atoms with Gasteiger partial charge in [-0.2, -0.15) is 0 Å². The first-order valence-electron chi connectivity index (χ1n) is 3.04. The Morgan fingerprint density at radius 2 is 2.22 bits per heavy atom. The minimum absolute atomic E-state index is 0.139. The van der Waals surface area contributed by atoms with E-state index in [4.69, 9.17) is 9.47 Å². The third-order valence-electron chi connectivity index (χ3n) is 1.00. The fraction of sp³-hybridized carbons (Fsp3) is 0.714. The van der Waals surface area contributed by atoms with E-state index in [-0.39, 0.29) is 6.10 Å². The lowest BCUT2D eigenvalue weighted by Gasteiger charge is -2.06. The first kappa shape index (κ1) is 8.66. The molecule has 0 amide bonds. The lowest BCUT2D eigenvalue weighted by Crippen LogP contribution is -2.08. The summed E-state index contributed by atoms with van der Waals surface area (Å²) in [6.45, 7) is 6.81. The van der Waals surface area contributed by atoms with Gasteiger partial charge in [0.05, 0.1) is 19.3 Å². The zero-order chi connectivity index (χ0) is 7.11. The standard InChI is InChI=1S/C7H14O2/c1-4-7(2)9-6-5-8-3/h4,7H,1,5-6H2,2-3H3/t7-/m1/s1. The average molecular weight is 130 g/mol. The number of rotatable bonds is 5. The van der Waals surface area contributed by atoms with E-state index in [2.05, 4.69) is 6.58 Å². The molecule has 0 saturated heterocycles. The third kappa shape index (κ3) is 5.53. The highest BCUT2D eigenvalue weighted by Gasteiger charge is 1.92. The van der Waals surface area contributed by atoms with Crippen LogP contribution in [0.4, 0.5) is 0 Å². The van der Waals surface area contributed by atoms with Crippen molar-refractivity contribution in [2.45, 2.75) is 13.0 Å². The monoisotopic (exact) mass is 130 g/mol. The topological polar surface area (TPSA) is 18.5 Å². The number of hydrogen-bond donors (Lipinski definition) is 0. The maximum absolute atomic E-state index is 5.19. The van der Waals surface area contributed by atoms with Gasteiger partial charge in [0.1, 0.15) is 0 Å². The molecule has 0 N–H and O–H groups in total. The van der Waals surface area contributed by atoms with E-state index in [1.165, 1.54) is 0 Å². The minimum Gasteiger partial charge on any atom is -0.382 e. The molecule has 0 unspecified atom stereocenters. The molecule has 9 heavy (non-hydrogen) atoms. The van der Waals surface area contributed by atoms with Gasteiger partial charge in [-0.15, -0.1) is 6.58 Å². The summed E-state index contributed by atoms with van der Waals surface area (Å²) < 4.78 is 9.97. The Morgan fingerprint density at radius 1 is 1.56 bits per heavy atom. The van der Waals surface area contributed by atoms with Crippen molar-refractivity contribution in [3.8, 4) is 0 Å². The van der Waals surface area contributed by atoms with Crippen LogP contribution < -0.4 is 0 Å². The molecule has 0 aliphatic heterocycles. The average Bonchev–Trinajstić information content (AvgIpc) is 1.89. The summed E-state index contributed by atoms with van der Waals surface area (Å²) in [6.07, 6.45) is 1.90. The lowest BCUT2D eigenvalue weighted by molar-refractivity contribution is 0.0476. The molecule has 0 saturated carbocycles. The molecule has 0 heterocycles. The van der Waals surface area contributed by atoms with Crippen LogP contribution in [0.1, 0.15) is 6.92 Å². The Balaban J connectivity index is 2.96. The maximum Gasteiger partial charge on any atom is 0.0726 e. The Morgan fingerprint density at radius 3 is 2.67 bits per heavy atom. The maximum atomic E-state index is 5.19. The third-order valence-corrected chi connectivity index (χ3v) is 1.00. The second kappa shape index (κ2) is 5.79. The van der Waals surface area contributed by atoms with Crippen LogP contribution in [-0.2, 0) is 9.47 Å². The highest BCUT2D eigenvalue weighted by molar-refractivity contribution is 4.74. The molecule has 0 fully saturated rings. The zero-order valence-electron chi connectivity index (χ0n) is 6.09. The van der Waals surface area contributed by atoms with Gasteiger partial charge in [-0.1, -0.05) is 6.08 Å². The SMILES string of the molecule is C=C[C@@H](C)OCCOC. The number of methoxy groups -OCH3 is 1. The van der Waals surface area contributed by atoms with Gasteiger partial charge < -0.3 is 9.47 Å². The van der Waals surface area contributed by atoms with Crippen molar-refractivity contribution in [2.24, 2.45) is 0 Å². The molecule has 1 atom stereocenters. The summed E-state index contributed by atoms with van der Waals surface area (Å²) in [5.41, 5.74) is 0. The van der Waals surface area contributed by atoms with Crippen molar-refractivity contribution >= 4 is 0 Å². The van der Waals surface area contributed by atoms with Crippen LogP contribution in [0.25, 0.3) is 0 Å². The number of hydrogen-bond acceptors (Lipinski definition) is 2. The van der Waals surface area contributed by atoms with E-state index >= 15 is 0 Å². The normalized spacial score (nSPS) is 13.1. The molecule has 0 aromatic rings. The van der Waals surface area contributed by atoms with E-state index < -0.39 is 0 Å². The molecule has 0 aliphatic rings. The summed E-state index contributed by atoms with van der Waals surface area (Å²) >= 11 is 0. The van der Waals surface area contributed by atoms with E-state index in [1.54, 1.807) is 13.2 Å². The second-order valence-electron chi connectivity index (χ2n) is 1.80. The molecular weight excluding hydrogens is 116 g/mol. The highest BCUT2D eigenvalue weighted by Crippen LogP contribution is 1.89. The van der Waals surface area contributed by atoms with E-state index in [0.717, 1.165) is 0 Å². The molecule has 0 aromatic heterocycles. The Kier molecular flexibility index (Phi) is 5.57. The Labute approximate surface area is 56.5 Å². The smallest absolute Gasteiger partial charge is 0.0726 e. The van der Waals surface area contributed by atoms with Crippen molar-refractivity contribution in [2.75, 3.05) is 20.3 Å². The van der Waals surface area contributed by atoms with Gasteiger partial charge in [0.2, 0.25) is 0 Å².